The summed E-state index contributed by atoms with van der Waals surface area (Å²) in [6, 6.07) is 21.5. The fraction of sp³-hybridized carbons (Fsp3) is 0.179. The molecule has 0 radical (unpaired) electrons. The van der Waals surface area contributed by atoms with Crippen LogP contribution in [-0.4, -0.2) is 15.0 Å². The topological polar surface area (TPSA) is 38.7 Å². The number of aromatic nitrogens is 3. The summed E-state index contributed by atoms with van der Waals surface area (Å²) >= 11 is 3.66. The fourth-order valence-electron chi connectivity index (χ4n) is 3.80. The summed E-state index contributed by atoms with van der Waals surface area (Å²) in [6.07, 6.45) is 5.67. The van der Waals surface area contributed by atoms with Crippen molar-refractivity contribution in [2.45, 2.75) is 33.6 Å². The molecule has 0 spiro atoms. The average Bonchev–Trinajstić information content (AvgIpc) is 3.53. The van der Waals surface area contributed by atoms with E-state index in [2.05, 4.69) is 91.4 Å². The molecule has 0 atom stereocenters. The van der Waals surface area contributed by atoms with Crippen molar-refractivity contribution in [1.82, 2.24) is 15.0 Å². The first-order valence-corrected chi connectivity index (χ1v) is 12.9. The highest BCUT2D eigenvalue weighted by Crippen LogP contribution is 2.38. The molecule has 0 aliphatic rings. The van der Waals surface area contributed by atoms with E-state index in [0.717, 1.165) is 35.6 Å². The third kappa shape index (κ3) is 4.65. The van der Waals surface area contributed by atoms with E-state index in [1.807, 2.05) is 35.1 Å². The van der Waals surface area contributed by atoms with Gasteiger partial charge in [-0.2, -0.15) is 0 Å². The SMILES string of the molecule is CCc1ccnc(-c2cc(CC)cc(-c3cc(-c4ccc(-c5ccc(C)s5)s4)ccn3)n2)c1. The molecule has 0 saturated heterocycles. The fourth-order valence-corrected chi connectivity index (χ4v) is 5.76. The number of thiophene rings is 2. The molecular formula is C28H25N3S2. The van der Waals surface area contributed by atoms with Gasteiger partial charge in [-0.3, -0.25) is 9.97 Å². The first kappa shape index (κ1) is 21.7. The summed E-state index contributed by atoms with van der Waals surface area (Å²) in [6.45, 7) is 6.48. The third-order valence-electron chi connectivity index (χ3n) is 5.68. The van der Waals surface area contributed by atoms with Gasteiger partial charge in [-0.25, -0.2) is 4.98 Å². The zero-order valence-corrected chi connectivity index (χ0v) is 20.6. The molecule has 3 nitrogen and oxygen atoms in total. The Balaban J connectivity index is 1.53. The molecule has 0 saturated carbocycles. The van der Waals surface area contributed by atoms with Crippen LogP contribution in [0.4, 0.5) is 0 Å². The molecule has 5 rings (SSSR count). The molecule has 0 N–H and O–H groups in total. The lowest BCUT2D eigenvalue weighted by Crippen LogP contribution is -1.96. The van der Waals surface area contributed by atoms with Crippen LogP contribution >= 0.6 is 22.7 Å². The summed E-state index contributed by atoms with van der Waals surface area (Å²) in [5.74, 6) is 0. The summed E-state index contributed by atoms with van der Waals surface area (Å²) < 4.78 is 0. The van der Waals surface area contributed by atoms with Crippen LogP contribution < -0.4 is 0 Å². The van der Waals surface area contributed by atoms with E-state index in [9.17, 15) is 0 Å². The average molecular weight is 468 g/mol. The molecule has 0 bridgehead atoms. The molecular weight excluding hydrogens is 442 g/mol. The van der Waals surface area contributed by atoms with E-state index < -0.39 is 0 Å². The Labute approximate surface area is 202 Å². The minimum absolute atomic E-state index is 0.887. The molecule has 5 aromatic heterocycles. The first-order chi connectivity index (χ1) is 16.1. The van der Waals surface area contributed by atoms with E-state index in [4.69, 9.17) is 4.98 Å². The lowest BCUT2D eigenvalue weighted by Gasteiger charge is -2.09. The second kappa shape index (κ2) is 9.38. The van der Waals surface area contributed by atoms with Crippen LogP contribution in [0.2, 0.25) is 0 Å². The summed E-state index contributed by atoms with van der Waals surface area (Å²) in [5, 5.41) is 0. The minimum Gasteiger partial charge on any atom is -0.255 e. The molecule has 0 amide bonds. The molecule has 5 aromatic rings. The Bertz CT molecular complexity index is 1410. The maximum Gasteiger partial charge on any atom is 0.0897 e. The number of hydrogen-bond acceptors (Lipinski definition) is 5. The van der Waals surface area contributed by atoms with Crippen LogP contribution in [0.25, 0.3) is 43.0 Å². The van der Waals surface area contributed by atoms with Gasteiger partial charge in [-0.05, 0) is 97.1 Å². The Morgan fingerprint density at radius 3 is 1.91 bits per heavy atom. The molecule has 0 aromatic carbocycles. The molecule has 33 heavy (non-hydrogen) atoms. The van der Waals surface area contributed by atoms with Crippen LogP contribution in [0.3, 0.4) is 0 Å². The Morgan fingerprint density at radius 2 is 1.21 bits per heavy atom. The van der Waals surface area contributed by atoms with Crippen LogP contribution in [0, 0.1) is 6.92 Å². The minimum atomic E-state index is 0.887. The normalized spacial score (nSPS) is 11.1. The van der Waals surface area contributed by atoms with Gasteiger partial charge >= 0.3 is 0 Å². The van der Waals surface area contributed by atoms with Gasteiger partial charge in [0, 0.05) is 31.9 Å². The van der Waals surface area contributed by atoms with Crippen molar-refractivity contribution in [2.24, 2.45) is 0 Å². The van der Waals surface area contributed by atoms with Gasteiger partial charge in [0.15, 0.2) is 0 Å². The zero-order chi connectivity index (χ0) is 22.8. The van der Waals surface area contributed by atoms with Gasteiger partial charge < -0.3 is 0 Å². The molecule has 0 aliphatic heterocycles. The van der Waals surface area contributed by atoms with Gasteiger partial charge in [0.1, 0.15) is 0 Å². The maximum atomic E-state index is 4.97. The second-order valence-corrected chi connectivity index (χ2v) is 10.4. The second-order valence-electron chi connectivity index (χ2n) is 8.01. The number of nitrogens with zero attached hydrogens (tertiary/aromatic N) is 3. The lowest BCUT2D eigenvalue weighted by atomic mass is 10.1. The molecule has 164 valence electrons. The van der Waals surface area contributed by atoms with Crippen molar-refractivity contribution >= 4 is 22.7 Å². The highest BCUT2D eigenvalue weighted by molar-refractivity contribution is 7.23. The largest absolute Gasteiger partial charge is 0.255 e. The third-order valence-corrected chi connectivity index (χ3v) is 8.02. The van der Waals surface area contributed by atoms with Crippen molar-refractivity contribution in [3.63, 3.8) is 0 Å². The highest BCUT2D eigenvalue weighted by Gasteiger charge is 2.12. The van der Waals surface area contributed by atoms with Gasteiger partial charge in [0.25, 0.3) is 0 Å². The van der Waals surface area contributed by atoms with Crippen LogP contribution in [-0.2, 0) is 12.8 Å². The Kier molecular flexibility index (Phi) is 6.16. The lowest BCUT2D eigenvalue weighted by molar-refractivity contribution is 1.10. The number of rotatable bonds is 6. The van der Waals surface area contributed by atoms with Gasteiger partial charge in [-0.15, -0.1) is 22.7 Å². The molecule has 0 unspecified atom stereocenters. The molecule has 0 aliphatic carbocycles. The maximum absolute atomic E-state index is 4.97. The smallest absolute Gasteiger partial charge is 0.0897 e. The van der Waals surface area contributed by atoms with Crippen molar-refractivity contribution in [2.75, 3.05) is 0 Å². The van der Waals surface area contributed by atoms with Crippen LogP contribution in [0.1, 0.15) is 29.9 Å². The van der Waals surface area contributed by atoms with E-state index in [0.29, 0.717) is 0 Å². The van der Waals surface area contributed by atoms with E-state index >= 15 is 0 Å². The number of aryl methyl sites for hydroxylation is 3. The summed E-state index contributed by atoms with van der Waals surface area (Å²) in [4.78, 5) is 19.4. The van der Waals surface area contributed by atoms with Gasteiger partial charge in [0.05, 0.1) is 22.8 Å². The molecule has 0 fully saturated rings. The Morgan fingerprint density at radius 1 is 0.606 bits per heavy atom. The number of pyridine rings is 3. The van der Waals surface area contributed by atoms with E-state index in [-0.39, 0.29) is 0 Å². The zero-order valence-electron chi connectivity index (χ0n) is 19.0. The standard InChI is InChI=1S/C28H25N3S2/c1-4-19-10-12-29-22(14-19)24-15-20(5-2)16-25(31-24)23-17-21(11-13-30-23)26-8-9-28(33-26)27-7-6-18(3)32-27/h6-17H,4-5H2,1-3H3. The van der Waals surface area contributed by atoms with Gasteiger partial charge in [0.2, 0.25) is 0 Å². The summed E-state index contributed by atoms with van der Waals surface area (Å²) in [7, 11) is 0. The number of hydrogen-bond donors (Lipinski definition) is 0. The van der Waals surface area contributed by atoms with Crippen molar-refractivity contribution < 1.29 is 0 Å². The van der Waals surface area contributed by atoms with Crippen LogP contribution in [0.15, 0.2) is 73.1 Å². The Hall–Kier alpha value is -3.15. The molecule has 5 heterocycles. The van der Waals surface area contributed by atoms with Gasteiger partial charge in [-0.1, -0.05) is 13.8 Å². The summed E-state index contributed by atoms with van der Waals surface area (Å²) in [5.41, 5.74) is 7.26. The van der Waals surface area contributed by atoms with Crippen molar-refractivity contribution in [1.29, 1.82) is 0 Å². The van der Waals surface area contributed by atoms with E-state index in [1.54, 1.807) is 0 Å². The predicted octanol–water partition coefficient (Wildman–Crippen LogP) is 8.10. The van der Waals surface area contributed by atoms with E-state index in [1.165, 1.54) is 36.2 Å². The van der Waals surface area contributed by atoms with Crippen molar-refractivity contribution in [3.8, 4) is 43.0 Å². The molecule has 5 heteroatoms. The van der Waals surface area contributed by atoms with Crippen LogP contribution in [0.5, 0.6) is 0 Å². The predicted molar refractivity (Wildman–Crippen MR) is 141 cm³/mol. The first-order valence-electron chi connectivity index (χ1n) is 11.2. The quantitative estimate of drug-likeness (QED) is 0.253. The highest BCUT2D eigenvalue weighted by atomic mass is 32.1. The monoisotopic (exact) mass is 467 g/mol. The van der Waals surface area contributed by atoms with Crippen molar-refractivity contribution in [3.05, 3.63) is 89.1 Å².